The van der Waals surface area contributed by atoms with Crippen molar-refractivity contribution >= 4 is 5.97 Å². The lowest BCUT2D eigenvalue weighted by Crippen LogP contribution is -2.53. The minimum absolute atomic E-state index is 0.487. The maximum Gasteiger partial charge on any atom is 0.310 e. The average molecular weight is 267 g/mol. The van der Waals surface area contributed by atoms with Crippen LogP contribution in [0.4, 0.5) is 0 Å². The molecule has 19 heavy (non-hydrogen) atoms. The number of rotatable bonds is 3. The van der Waals surface area contributed by atoms with Gasteiger partial charge in [0.1, 0.15) is 0 Å². The van der Waals surface area contributed by atoms with Crippen LogP contribution in [-0.4, -0.2) is 35.1 Å². The molecule has 1 N–H and O–H groups in total. The Labute approximate surface area is 117 Å². The number of hydrogen-bond donors (Lipinski definition) is 1. The first-order chi connectivity index (χ1) is 8.98. The molecule has 4 unspecified atom stereocenters. The topological polar surface area (TPSA) is 40.5 Å². The van der Waals surface area contributed by atoms with E-state index in [2.05, 4.69) is 18.7 Å². The number of piperidine rings is 1. The van der Waals surface area contributed by atoms with E-state index in [0.717, 1.165) is 44.2 Å². The third-order valence-electron chi connectivity index (χ3n) is 5.62. The lowest BCUT2D eigenvalue weighted by atomic mass is 9.74. The molecule has 2 fully saturated rings. The Bertz CT molecular complexity index is 331. The van der Waals surface area contributed by atoms with Crippen LogP contribution in [0.3, 0.4) is 0 Å². The van der Waals surface area contributed by atoms with Crippen molar-refractivity contribution < 1.29 is 9.90 Å². The Hall–Kier alpha value is -0.570. The van der Waals surface area contributed by atoms with Gasteiger partial charge in [0.15, 0.2) is 0 Å². The van der Waals surface area contributed by atoms with Gasteiger partial charge in [-0.3, -0.25) is 9.69 Å². The molecule has 0 radical (unpaired) electrons. The van der Waals surface area contributed by atoms with E-state index in [-0.39, 0.29) is 0 Å². The summed E-state index contributed by atoms with van der Waals surface area (Å²) in [5.74, 6) is 0.929. The molecule has 0 aromatic heterocycles. The Kier molecular flexibility index (Phi) is 4.54. The lowest BCUT2D eigenvalue weighted by Gasteiger charge is -2.47. The van der Waals surface area contributed by atoms with Gasteiger partial charge in [-0.05, 0) is 50.5 Å². The normalized spacial score (nSPS) is 41.1. The Morgan fingerprint density at radius 1 is 1.37 bits per heavy atom. The highest BCUT2D eigenvalue weighted by Crippen LogP contribution is 2.39. The molecule has 110 valence electrons. The molecule has 0 aromatic carbocycles. The zero-order valence-electron chi connectivity index (χ0n) is 12.7. The zero-order chi connectivity index (χ0) is 14.0. The lowest BCUT2D eigenvalue weighted by molar-refractivity contribution is -0.154. The van der Waals surface area contributed by atoms with Crippen molar-refractivity contribution in [2.24, 2.45) is 17.3 Å². The van der Waals surface area contributed by atoms with Crippen molar-refractivity contribution in [2.75, 3.05) is 13.1 Å². The maximum absolute atomic E-state index is 11.7. The van der Waals surface area contributed by atoms with Crippen molar-refractivity contribution in [3.05, 3.63) is 0 Å². The number of nitrogens with zero attached hydrogens (tertiary/aromatic N) is 1. The summed E-state index contributed by atoms with van der Waals surface area (Å²) in [4.78, 5) is 14.2. The quantitative estimate of drug-likeness (QED) is 0.852. The van der Waals surface area contributed by atoms with E-state index in [4.69, 9.17) is 0 Å². The molecule has 4 atom stereocenters. The van der Waals surface area contributed by atoms with Crippen LogP contribution in [-0.2, 0) is 4.79 Å². The van der Waals surface area contributed by atoms with Gasteiger partial charge in [-0.2, -0.15) is 0 Å². The van der Waals surface area contributed by atoms with Crippen molar-refractivity contribution in [1.82, 2.24) is 4.90 Å². The smallest absolute Gasteiger partial charge is 0.310 e. The molecule has 1 saturated carbocycles. The molecule has 1 aliphatic heterocycles. The van der Waals surface area contributed by atoms with Gasteiger partial charge in [-0.15, -0.1) is 0 Å². The maximum atomic E-state index is 11.7. The molecule has 2 aliphatic rings. The van der Waals surface area contributed by atoms with Crippen LogP contribution in [0.1, 0.15) is 59.3 Å². The number of hydrogen-bond acceptors (Lipinski definition) is 2. The largest absolute Gasteiger partial charge is 0.481 e. The third-order valence-corrected chi connectivity index (χ3v) is 5.62. The van der Waals surface area contributed by atoms with Gasteiger partial charge in [-0.25, -0.2) is 0 Å². The number of aliphatic carboxylic acids is 1. The molecule has 0 amide bonds. The monoisotopic (exact) mass is 267 g/mol. The second-order valence-corrected chi connectivity index (χ2v) is 6.98. The molecular weight excluding hydrogens is 238 g/mol. The molecule has 3 heteroatoms. The van der Waals surface area contributed by atoms with Crippen LogP contribution in [0.25, 0.3) is 0 Å². The van der Waals surface area contributed by atoms with Gasteiger partial charge in [-0.1, -0.05) is 27.2 Å². The Morgan fingerprint density at radius 2 is 2.11 bits per heavy atom. The van der Waals surface area contributed by atoms with Crippen molar-refractivity contribution in [3.63, 3.8) is 0 Å². The highest BCUT2D eigenvalue weighted by molar-refractivity contribution is 5.75. The van der Waals surface area contributed by atoms with Crippen molar-refractivity contribution in [1.29, 1.82) is 0 Å². The first kappa shape index (κ1) is 14.8. The van der Waals surface area contributed by atoms with Gasteiger partial charge in [0.2, 0.25) is 0 Å². The fourth-order valence-electron chi connectivity index (χ4n) is 4.08. The van der Waals surface area contributed by atoms with E-state index in [1.807, 2.05) is 6.92 Å². The average Bonchev–Trinajstić information content (AvgIpc) is 2.41. The summed E-state index contributed by atoms with van der Waals surface area (Å²) in [6.45, 7) is 8.58. The zero-order valence-corrected chi connectivity index (χ0v) is 12.7. The molecule has 0 spiro atoms. The van der Waals surface area contributed by atoms with Crippen LogP contribution in [0.2, 0.25) is 0 Å². The van der Waals surface area contributed by atoms with Crippen LogP contribution >= 0.6 is 0 Å². The van der Waals surface area contributed by atoms with E-state index in [0.29, 0.717) is 6.04 Å². The van der Waals surface area contributed by atoms with Crippen LogP contribution in [0.15, 0.2) is 0 Å². The highest BCUT2D eigenvalue weighted by Gasteiger charge is 2.43. The first-order valence-electron chi connectivity index (χ1n) is 7.96. The van der Waals surface area contributed by atoms with Crippen molar-refractivity contribution in [3.8, 4) is 0 Å². The highest BCUT2D eigenvalue weighted by atomic mass is 16.4. The Balaban J connectivity index is 2.09. The molecule has 1 saturated heterocycles. The number of carbonyl (C=O) groups is 1. The summed E-state index contributed by atoms with van der Waals surface area (Å²) in [6.07, 6.45) is 6.54. The molecule has 1 aliphatic carbocycles. The summed E-state index contributed by atoms with van der Waals surface area (Å²) in [7, 11) is 0. The first-order valence-corrected chi connectivity index (χ1v) is 7.96. The van der Waals surface area contributed by atoms with Crippen LogP contribution in [0, 0.1) is 17.3 Å². The molecule has 2 rings (SSSR count). The SMILES string of the molecule is CCC1(C(=O)O)CCCN(C2CC(C)CCC2C)C1. The second-order valence-electron chi connectivity index (χ2n) is 6.98. The summed E-state index contributed by atoms with van der Waals surface area (Å²) in [5.41, 5.74) is -0.487. The molecule has 1 heterocycles. The summed E-state index contributed by atoms with van der Waals surface area (Å²) < 4.78 is 0. The predicted octanol–water partition coefficient (Wildman–Crippen LogP) is 3.39. The molecular formula is C16H29NO2. The van der Waals surface area contributed by atoms with Gasteiger partial charge in [0.25, 0.3) is 0 Å². The van der Waals surface area contributed by atoms with E-state index >= 15 is 0 Å². The van der Waals surface area contributed by atoms with Gasteiger partial charge < -0.3 is 5.11 Å². The van der Waals surface area contributed by atoms with Gasteiger partial charge in [0, 0.05) is 12.6 Å². The molecule has 0 bridgehead atoms. The third kappa shape index (κ3) is 2.96. The van der Waals surface area contributed by atoms with Crippen LogP contribution in [0.5, 0.6) is 0 Å². The summed E-state index contributed by atoms with van der Waals surface area (Å²) in [6, 6.07) is 0.606. The van der Waals surface area contributed by atoms with E-state index in [9.17, 15) is 9.90 Å². The number of likely N-dealkylation sites (tertiary alicyclic amines) is 1. The van der Waals surface area contributed by atoms with Gasteiger partial charge >= 0.3 is 5.97 Å². The fourth-order valence-corrected chi connectivity index (χ4v) is 4.08. The van der Waals surface area contributed by atoms with Crippen molar-refractivity contribution in [2.45, 2.75) is 65.3 Å². The fraction of sp³-hybridized carbons (Fsp3) is 0.938. The number of carboxylic acids is 1. The summed E-state index contributed by atoms with van der Waals surface area (Å²) >= 11 is 0. The second kappa shape index (κ2) is 5.82. The summed E-state index contributed by atoms with van der Waals surface area (Å²) in [5, 5.41) is 9.60. The molecule has 3 nitrogen and oxygen atoms in total. The minimum Gasteiger partial charge on any atom is -0.481 e. The molecule has 0 aromatic rings. The number of carboxylic acid groups (broad SMARTS) is 1. The van der Waals surface area contributed by atoms with E-state index in [1.165, 1.54) is 19.3 Å². The van der Waals surface area contributed by atoms with E-state index in [1.54, 1.807) is 0 Å². The van der Waals surface area contributed by atoms with E-state index < -0.39 is 11.4 Å². The minimum atomic E-state index is -0.587. The van der Waals surface area contributed by atoms with Gasteiger partial charge in [0.05, 0.1) is 5.41 Å². The van der Waals surface area contributed by atoms with Crippen LogP contribution < -0.4 is 0 Å². The Morgan fingerprint density at radius 3 is 2.74 bits per heavy atom. The standard InChI is InChI=1S/C16H29NO2/c1-4-16(15(18)19)8-5-9-17(11-16)14-10-12(2)6-7-13(14)3/h12-14H,4-11H2,1-3H3,(H,18,19). The predicted molar refractivity (Wildman–Crippen MR) is 77.1 cm³/mol.